The molecule has 1 unspecified atom stereocenters. The first-order valence-corrected chi connectivity index (χ1v) is 8.35. The van der Waals surface area contributed by atoms with Crippen molar-refractivity contribution in [2.75, 3.05) is 20.4 Å². The second kappa shape index (κ2) is 8.05. The van der Waals surface area contributed by atoms with Crippen LogP contribution in [-0.2, 0) is 9.53 Å². The molecule has 7 heteroatoms. The minimum Gasteiger partial charge on any atom is -0.468 e. The van der Waals surface area contributed by atoms with Crippen molar-refractivity contribution < 1.29 is 23.0 Å². The van der Waals surface area contributed by atoms with Crippen LogP contribution in [0, 0.1) is 6.92 Å². The lowest BCUT2D eigenvalue weighted by Gasteiger charge is -2.32. The summed E-state index contributed by atoms with van der Waals surface area (Å²) in [6, 6.07) is 5.32. The molecule has 126 valence electrons. The van der Waals surface area contributed by atoms with Gasteiger partial charge in [0.1, 0.15) is 5.75 Å². The number of benzene rings is 1. The maximum absolute atomic E-state index is 12.9. The van der Waals surface area contributed by atoms with Gasteiger partial charge in [0.15, 0.2) is 6.79 Å². The van der Waals surface area contributed by atoms with Crippen molar-refractivity contribution in [3.63, 3.8) is 0 Å². The second-order valence-corrected chi connectivity index (χ2v) is 6.66. The zero-order chi connectivity index (χ0) is 17.0. The van der Waals surface area contributed by atoms with E-state index in [4.69, 9.17) is 9.47 Å². The summed E-state index contributed by atoms with van der Waals surface area (Å²) >= 11 is 1.99. The van der Waals surface area contributed by atoms with Crippen molar-refractivity contribution in [3.05, 3.63) is 35.4 Å². The molecule has 1 aromatic carbocycles. The smallest absolute Gasteiger partial charge is 0.256 e. The fourth-order valence-corrected chi connectivity index (χ4v) is 3.03. The standard InChI is InChI=1S/C16H18F2INO3/c1-10-7-11(23-9-22-2)3-4-12(10)14-6-5-13(19)16(21)20(14)8-15(17)18/h3-4,6-7,13,15H,5,8-9H2,1-2H3. The normalized spacial score (nSPS) is 18.3. The number of halogens is 3. The number of allylic oxidation sites excluding steroid dienone is 1. The van der Waals surface area contributed by atoms with Crippen LogP contribution in [0.25, 0.3) is 5.70 Å². The summed E-state index contributed by atoms with van der Waals surface area (Å²) < 4.78 is 35.6. The molecule has 2 rings (SSSR count). The van der Waals surface area contributed by atoms with E-state index >= 15 is 0 Å². The molecule has 1 amide bonds. The van der Waals surface area contributed by atoms with Crippen LogP contribution in [0.1, 0.15) is 17.5 Å². The molecule has 0 radical (unpaired) electrons. The van der Waals surface area contributed by atoms with Crippen LogP contribution in [0.4, 0.5) is 8.78 Å². The van der Waals surface area contributed by atoms with Crippen LogP contribution < -0.4 is 4.74 Å². The Balaban J connectivity index is 2.32. The number of hydrogen-bond acceptors (Lipinski definition) is 3. The highest BCUT2D eigenvalue weighted by atomic mass is 127. The third-order valence-corrected chi connectivity index (χ3v) is 4.52. The molecule has 4 nitrogen and oxygen atoms in total. The first-order chi connectivity index (χ1) is 10.9. The van der Waals surface area contributed by atoms with E-state index in [2.05, 4.69) is 0 Å². The van der Waals surface area contributed by atoms with Crippen molar-refractivity contribution in [3.8, 4) is 5.75 Å². The van der Waals surface area contributed by atoms with E-state index < -0.39 is 13.0 Å². The molecule has 1 aromatic rings. The highest BCUT2D eigenvalue weighted by Gasteiger charge is 2.31. The topological polar surface area (TPSA) is 38.8 Å². The van der Waals surface area contributed by atoms with Gasteiger partial charge in [-0.05, 0) is 37.1 Å². The van der Waals surface area contributed by atoms with Crippen LogP contribution in [0.2, 0.25) is 0 Å². The average molecular weight is 437 g/mol. The van der Waals surface area contributed by atoms with Crippen LogP contribution in [0.5, 0.6) is 5.75 Å². The second-order valence-electron chi connectivity index (χ2n) is 5.16. The van der Waals surface area contributed by atoms with Crippen LogP contribution in [0.15, 0.2) is 24.3 Å². The minimum atomic E-state index is -2.58. The van der Waals surface area contributed by atoms with Gasteiger partial charge in [-0.15, -0.1) is 0 Å². The number of methoxy groups -OCH3 is 1. The summed E-state index contributed by atoms with van der Waals surface area (Å²) in [6.45, 7) is 1.40. The number of rotatable bonds is 6. The van der Waals surface area contributed by atoms with Gasteiger partial charge in [0, 0.05) is 18.4 Å². The molecule has 0 N–H and O–H groups in total. The van der Waals surface area contributed by atoms with Crippen molar-refractivity contribution in [1.29, 1.82) is 0 Å². The molecular weight excluding hydrogens is 419 g/mol. The van der Waals surface area contributed by atoms with Gasteiger partial charge < -0.3 is 14.4 Å². The number of ether oxygens (including phenoxy) is 2. The first kappa shape index (κ1) is 18.1. The number of amides is 1. The molecule has 0 saturated carbocycles. The van der Waals surface area contributed by atoms with Gasteiger partial charge in [0.2, 0.25) is 5.91 Å². The molecule has 0 aromatic heterocycles. The fourth-order valence-electron chi connectivity index (χ4n) is 2.44. The Kier molecular flexibility index (Phi) is 6.34. The Labute approximate surface area is 147 Å². The summed E-state index contributed by atoms with van der Waals surface area (Å²) in [7, 11) is 1.53. The van der Waals surface area contributed by atoms with Gasteiger partial charge in [0.05, 0.1) is 10.5 Å². The largest absolute Gasteiger partial charge is 0.468 e. The summed E-state index contributed by atoms with van der Waals surface area (Å²) in [6.07, 6.45) is -0.192. The summed E-state index contributed by atoms with van der Waals surface area (Å²) in [5, 5.41) is 0. The number of carbonyl (C=O) groups is 1. The zero-order valence-electron chi connectivity index (χ0n) is 12.9. The van der Waals surface area contributed by atoms with Gasteiger partial charge in [0.25, 0.3) is 6.43 Å². The van der Waals surface area contributed by atoms with Crippen molar-refractivity contribution in [2.45, 2.75) is 23.7 Å². The van der Waals surface area contributed by atoms with Gasteiger partial charge in [-0.3, -0.25) is 4.79 Å². The third kappa shape index (κ3) is 4.41. The van der Waals surface area contributed by atoms with Crippen LogP contribution >= 0.6 is 22.6 Å². The molecule has 0 fully saturated rings. The van der Waals surface area contributed by atoms with E-state index in [1.165, 1.54) is 12.0 Å². The zero-order valence-corrected chi connectivity index (χ0v) is 15.0. The van der Waals surface area contributed by atoms with Crippen molar-refractivity contribution >= 4 is 34.2 Å². The lowest BCUT2D eigenvalue weighted by Crippen LogP contribution is -2.41. The molecule has 1 heterocycles. The van der Waals surface area contributed by atoms with Gasteiger partial charge >= 0.3 is 0 Å². The van der Waals surface area contributed by atoms with Crippen molar-refractivity contribution in [1.82, 2.24) is 4.90 Å². The number of nitrogens with zero attached hydrogens (tertiary/aromatic N) is 1. The van der Waals surface area contributed by atoms with E-state index in [1.807, 2.05) is 35.6 Å². The SMILES string of the molecule is COCOc1ccc(C2=CCC(I)C(=O)N2CC(F)F)c(C)c1. The van der Waals surface area contributed by atoms with Crippen molar-refractivity contribution in [2.24, 2.45) is 0 Å². The predicted octanol–water partition coefficient (Wildman–Crippen LogP) is 3.62. The molecular formula is C16H18F2INO3. The van der Waals surface area contributed by atoms with Crippen LogP contribution in [-0.4, -0.2) is 41.6 Å². The Hall–Kier alpha value is -1.22. The van der Waals surface area contributed by atoms with E-state index in [-0.39, 0.29) is 16.6 Å². The molecule has 1 aliphatic heterocycles. The Morgan fingerprint density at radius 2 is 2.17 bits per heavy atom. The maximum atomic E-state index is 12.9. The van der Waals surface area contributed by atoms with Gasteiger partial charge in [-0.25, -0.2) is 8.78 Å². The Morgan fingerprint density at radius 1 is 1.43 bits per heavy atom. The number of carbonyl (C=O) groups excluding carboxylic acids is 1. The van der Waals surface area contributed by atoms with E-state index in [9.17, 15) is 13.6 Å². The maximum Gasteiger partial charge on any atom is 0.256 e. The van der Waals surface area contributed by atoms with Gasteiger partial charge in [-0.1, -0.05) is 28.7 Å². The average Bonchev–Trinajstić information content (AvgIpc) is 2.50. The molecule has 0 aliphatic carbocycles. The summed E-state index contributed by atoms with van der Waals surface area (Å²) in [4.78, 5) is 13.5. The summed E-state index contributed by atoms with van der Waals surface area (Å²) in [5.74, 6) is 0.352. The Morgan fingerprint density at radius 3 is 2.78 bits per heavy atom. The lowest BCUT2D eigenvalue weighted by molar-refractivity contribution is -0.128. The Bertz CT molecular complexity index is 607. The van der Waals surface area contributed by atoms with Gasteiger partial charge in [-0.2, -0.15) is 0 Å². The molecule has 0 saturated heterocycles. The first-order valence-electron chi connectivity index (χ1n) is 7.10. The lowest BCUT2D eigenvalue weighted by atomic mass is 10.00. The van der Waals surface area contributed by atoms with Crippen LogP contribution in [0.3, 0.4) is 0 Å². The minimum absolute atomic E-state index is 0.133. The fraction of sp³-hybridized carbons (Fsp3) is 0.438. The highest BCUT2D eigenvalue weighted by molar-refractivity contribution is 14.1. The number of alkyl halides is 3. The quantitative estimate of drug-likeness (QED) is 0.388. The monoisotopic (exact) mass is 437 g/mol. The number of hydrogen-bond donors (Lipinski definition) is 0. The molecule has 23 heavy (non-hydrogen) atoms. The van der Waals surface area contributed by atoms with E-state index in [0.717, 1.165) is 11.1 Å². The third-order valence-electron chi connectivity index (χ3n) is 3.48. The summed E-state index contributed by atoms with van der Waals surface area (Å²) in [5.41, 5.74) is 2.15. The number of aryl methyl sites for hydroxylation is 1. The predicted molar refractivity (Wildman–Crippen MR) is 91.8 cm³/mol. The molecule has 0 bridgehead atoms. The highest BCUT2D eigenvalue weighted by Crippen LogP contribution is 2.32. The van der Waals surface area contributed by atoms with E-state index in [1.54, 1.807) is 18.2 Å². The molecule has 0 spiro atoms. The molecule has 1 atom stereocenters. The molecule has 1 aliphatic rings. The van der Waals surface area contributed by atoms with E-state index in [0.29, 0.717) is 17.9 Å².